The number of aryl methyl sites for hydroxylation is 1. The Kier molecular flexibility index (Phi) is 6.37. The molecule has 1 aromatic carbocycles. The Labute approximate surface area is 126 Å². The second-order valence-electron chi connectivity index (χ2n) is 5.61. The SMILES string of the molecule is CCNC(=O)c1ccc(NC(=O)[C@@H](N)CC(C)C)c(C)c1. The fourth-order valence-corrected chi connectivity index (χ4v) is 2.05. The Morgan fingerprint density at radius 2 is 1.95 bits per heavy atom. The molecule has 5 heteroatoms. The van der Waals surface area contributed by atoms with Gasteiger partial charge in [0.05, 0.1) is 6.04 Å². The molecule has 4 N–H and O–H groups in total. The van der Waals surface area contributed by atoms with E-state index in [9.17, 15) is 9.59 Å². The predicted octanol–water partition coefficient (Wildman–Crippen LogP) is 2.06. The predicted molar refractivity (Wildman–Crippen MR) is 85.2 cm³/mol. The lowest BCUT2D eigenvalue weighted by Gasteiger charge is -2.15. The molecule has 0 aliphatic carbocycles. The van der Waals surface area contributed by atoms with Gasteiger partial charge in [0, 0.05) is 17.8 Å². The van der Waals surface area contributed by atoms with E-state index in [0.717, 1.165) is 5.56 Å². The number of hydrogen-bond donors (Lipinski definition) is 3. The van der Waals surface area contributed by atoms with Crippen molar-refractivity contribution in [3.05, 3.63) is 29.3 Å². The van der Waals surface area contributed by atoms with Crippen molar-refractivity contribution in [2.24, 2.45) is 11.7 Å². The molecule has 1 aromatic rings. The smallest absolute Gasteiger partial charge is 0.251 e. The maximum atomic E-state index is 12.0. The van der Waals surface area contributed by atoms with E-state index in [4.69, 9.17) is 5.73 Å². The average Bonchev–Trinajstić information content (AvgIpc) is 2.40. The van der Waals surface area contributed by atoms with Gasteiger partial charge in [0.1, 0.15) is 0 Å². The number of carbonyl (C=O) groups excluding carboxylic acids is 2. The number of nitrogens with two attached hydrogens (primary N) is 1. The summed E-state index contributed by atoms with van der Waals surface area (Å²) in [5, 5.41) is 5.56. The molecule has 0 aliphatic heterocycles. The van der Waals surface area contributed by atoms with E-state index in [1.54, 1.807) is 18.2 Å². The van der Waals surface area contributed by atoms with Gasteiger partial charge in [-0.15, -0.1) is 0 Å². The van der Waals surface area contributed by atoms with Gasteiger partial charge in [0.2, 0.25) is 5.91 Å². The van der Waals surface area contributed by atoms with Crippen LogP contribution in [0.5, 0.6) is 0 Å². The van der Waals surface area contributed by atoms with Crippen LogP contribution in [0.15, 0.2) is 18.2 Å². The van der Waals surface area contributed by atoms with Gasteiger partial charge in [-0.1, -0.05) is 13.8 Å². The highest BCUT2D eigenvalue weighted by molar-refractivity contribution is 5.97. The molecule has 0 spiro atoms. The van der Waals surface area contributed by atoms with Crippen molar-refractivity contribution in [1.29, 1.82) is 0 Å². The molecule has 0 heterocycles. The van der Waals surface area contributed by atoms with Crippen LogP contribution in [-0.4, -0.2) is 24.4 Å². The molecule has 0 bridgehead atoms. The fraction of sp³-hybridized carbons (Fsp3) is 0.500. The third kappa shape index (κ3) is 5.19. The number of benzene rings is 1. The monoisotopic (exact) mass is 291 g/mol. The third-order valence-corrected chi connectivity index (χ3v) is 3.15. The molecule has 1 rings (SSSR count). The quantitative estimate of drug-likeness (QED) is 0.750. The topological polar surface area (TPSA) is 84.2 Å². The summed E-state index contributed by atoms with van der Waals surface area (Å²) in [6, 6.07) is 4.67. The third-order valence-electron chi connectivity index (χ3n) is 3.15. The molecular formula is C16H25N3O2. The maximum Gasteiger partial charge on any atom is 0.251 e. The van der Waals surface area contributed by atoms with Crippen LogP contribution in [0.2, 0.25) is 0 Å². The van der Waals surface area contributed by atoms with Crippen LogP contribution in [0.25, 0.3) is 0 Å². The lowest BCUT2D eigenvalue weighted by Crippen LogP contribution is -2.36. The summed E-state index contributed by atoms with van der Waals surface area (Å²) in [6.07, 6.45) is 0.641. The highest BCUT2D eigenvalue weighted by Crippen LogP contribution is 2.17. The molecular weight excluding hydrogens is 266 g/mol. The first-order valence-corrected chi connectivity index (χ1v) is 7.30. The zero-order chi connectivity index (χ0) is 16.0. The normalized spacial score (nSPS) is 12.1. The van der Waals surface area contributed by atoms with Gasteiger partial charge in [0.15, 0.2) is 0 Å². The van der Waals surface area contributed by atoms with E-state index in [2.05, 4.69) is 10.6 Å². The number of hydrogen-bond acceptors (Lipinski definition) is 3. The largest absolute Gasteiger partial charge is 0.352 e. The van der Waals surface area contributed by atoms with Crippen molar-refractivity contribution < 1.29 is 9.59 Å². The summed E-state index contributed by atoms with van der Waals surface area (Å²) < 4.78 is 0. The molecule has 0 unspecified atom stereocenters. The van der Waals surface area contributed by atoms with Crippen LogP contribution in [0, 0.1) is 12.8 Å². The summed E-state index contributed by atoms with van der Waals surface area (Å²) in [7, 11) is 0. The lowest BCUT2D eigenvalue weighted by atomic mass is 10.0. The summed E-state index contributed by atoms with van der Waals surface area (Å²) >= 11 is 0. The highest BCUT2D eigenvalue weighted by atomic mass is 16.2. The molecule has 0 aromatic heterocycles. The van der Waals surface area contributed by atoms with E-state index >= 15 is 0 Å². The molecule has 2 amide bonds. The molecule has 0 radical (unpaired) electrons. The van der Waals surface area contributed by atoms with Crippen LogP contribution in [-0.2, 0) is 4.79 Å². The van der Waals surface area contributed by atoms with Gasteiger partial charge in [-0.3, -0.25) is 9.59 Å². The van der Waals surface area contributed by atoms with Gasteiger partial charge in [0.25, 0.3) is 5.91 Å². The van der Waals surface area contributed by atoms with Crippen molar-refractivity contribution >= 4 is 17.5 Å². The zero-order valence-electron chi connectivity index (χ0n) is 13.2. The van der Waals surface area contributed by atoms with Gasteiger partial charge < -0.3 is 16.4 Å². The van der Waals surface area contributed by atoms with Gasteiger partial charge in [-0.05, 0) is 49.9 Å². The second-order valence-corrected chi connectivity index (χ2v) is 5.61. The molecule has 0 fully saturated rings. The van der Waals surface area contributed by atoms with Crippen LogP contribution < -0.4 is 16.4 Å². The Hall–Kier alpha value is -1.88. The highest BCUT2D eigenvalue weighted by Gasteiger charge is 2.16. The first-order valence-electron chi connectivity index (χ1n) is 7.30. The lowest BCUT2D eigenvalue weighted by molar-refractivity contribution is -0.117. The van der Waals surface area contributed by atoms with Crippen molar-refractivity contribution in [3.8, 4) is 0 Å². The van der Waals surface area contributed by atoms with Crippen molar-refractivity contribution in [3.63, 3.8) is 0 Å². The number of rotatable bonds is 6. The zero-order valence-corrected chi connectivity index (χ0v) is 13.2. The Morgan fingerprint density at radius 1 is 1.29 bits per heavy atom. The van der Waals surface area contributed by atoms with Gasteiger partial charge in [-0.25, -0.2) is 0 Å². The fourth-order valence-electron chi connectivity index (χ4n) is 2.05. The van der Waals surface area contributed by atoms with Crippen LogP contribution in [0.4, 0.5) is 5.69 Å². The van der Waals surface area contributed by atoms with Crippen molar-refractivity contribution in [1.82, 2.24) is 5.32 Å². The molecule has 21 heavy (non-hydrogen) atoms. The van der Waals surface area contributed by atoms with E-state index in [0.29, 0.717) is 30.1 Å². The number of carbonyl (C=O) groups is 2. The standard InChI is InChI=1S/C16H25N3O2/c1-5-18-15(20)12-6-7-14(11(4)9-12)19-16(21)13(17)8-10(2)3/h6-7,9-10,13H,5,8,17H2,1-4H3,(H,18,20)(H,19,21)/t13-/m0/s1. The minimum atomic E-state index is -0.521. The average molecular weight is 291 g/mol. The van der Waals surface area contributed by atoms with Crippen LogP contribution in [0.1, 0.15) is 43.1 Å². The summed E-state index contributed by atoms with van der Waals surface area (Å²) in [5.41, 5.74) is 7.96. The molecule has 0 saturated heterocycles. The summed E-state index contributed by atoms with van der Waals surface area (Å²) in [6.45, 7) is 8.36. The second kappa shape index (κ2) is 7.78. The molecule has 116 valence electrons. The van der Waals surface area contributed by atoms with E-state index in [1.165, 1.54) is 0 Å². The first kappa shape index (κ1) is 17.2. The van der Waals surface area contributed by atoms with Crippen molar-refractivity contribution in [2.75, 3.05) is 11.9 Å². The number of nitrogens with one attached hydrogen (secondary N) is 2. The minimum absolute atomic E-state index is 0.116. The number of amides is 2. The van der Waals surface area contributed by atoms with Crippen LogP contribution in [0.3, 0.4) is 0 Å². The van der Waals surface area contributed by atoms with Crippen LogP contribution >= 0.6 is 0 Å². The summed E-state index contributed by atoms with van der Waals surface area (Å²) in [5.74, 6) is 0.0551. The molecule has 1 atom stereocenters. The van der Waals surface area contributed by atoms with E-state index in [1.807, 2.05) is 27.7 Å². The van der Waals surface area contributed by atoms with Crippen molar-refractivity contribution in [2.45, 2.75) is 40.2 Å². The minimum Gasteiger partial charge on any atom is -0.352 e. The molecule has 0 saturated carbocycles. The first-order chi connectivity index (χ1) is 9.85. The maximum absolute atomic E-state index is 12.0. The van der Waals surface area contributed by atoms with E-state index < -0.39 is 6.04 Å². The summed E-state index contributed by atoms with van der Waals surface area (Å²) in [4.78, 5) is 23.7. The Bertz CT molecular complexity index is 512. The van der Waals surface area contributed by atoms with E-state index in [-0.39, 0.29) is 11.8 Å². The molecule has 5 nitrogen and oxygen atoms in total. The molecule has 0 aliphatic rings. The number of anilines is 1. The Balaban J connectivity index is 2.77. The van der Waals surface area contributed by atoms with Gasteiger partial charge in [-0.2, -0.15) is 0 Å². The van der Waals surface area contributed by atoms with Gasteiger partial charge >= 0.3 is 0 Å². The Morgan fingerprint density at radius 3 is 2.48 bits per heavy atom.